The van der Waals surface area contributed by atoms with Crippen LogP contribution < -0.4 is 5.32 Å². The number of nitrogens with zero attached hydrogens (tertiary/aromatic N) is 2. The van der Waals surface area contributed by atoms with Crippen LogP contribution in [0.2, 0.25) is 0 Å². The van der Waals surface area contributed by atoms with Crippen molar-refractivity contribution in [2.45, 2.75) is 25.4 Å². The summed E-state index contributed by atoms with van der Waals surface area (Å²) in [5.74, 6) is 0. The van der Waals surface area contributed by atoms with Gasteiger partial charge in [0, 0.05) is 24.5 Å². The van der Waals surface area contributed by atoms with Gasteiger partial charge in [-0.1, -0.05) is 6.07 Å². The molecule has 3 nitrogen and oxygen atoms in total. The van der Waals surface area contributed by atoms with Gasteiger partial charge in [0.1, 0.15) is 5.01 Å². The molecule has 3 rings (SSSR count). The first-order chi connectivity index (χ1) is 9.35. The van der Waals surface area contributed by atoms with Gasteiger partial charge in [-0.15, -0.1) is 35.1 Å². The molecule has 1 aliphatic heterocycles. The summed E-state index contributed by atoms with van der Waals surface area (Å²) in [6.45, 7) is 3.33. The third-order valence-corrected chi connectivity index (χ3v) is 5.51. The molecular weight excluding hydrogens is 310 g/mol. The molecule has 0 aliphatic carbocycles. The monoisotopic (exact) mass is 329 g/mol. The Morgan fingerprint density at radius 3 is 3.10 bits per heavy atom. The summed E-state index contributed by atoms with van der Waals surface area (Å²) in [7, 11) is 2.06. The number of likely N-dealkylation sites (tertiary alicyclic amines) is 1. The van der Waals surface area contributed by atoms with Crippen molar-refractivity contribution in [2.75, 3.05) is 20.1 Å². The molecule has 1 N–H and O–H groups in total. The smallest absolute Gasteiger partial charge is 0.133 e. The van der Waals surface area contributed by atoms with Crippen molar-refractivity contribution >= 4 is 35.1 Å². The lowest BCUT2D eigenvalue weighted by Gasteiger charge is -2.31. The number of halogens is 1. The third kappa shape index (κ3) is 3.80. The highest BCUT2D eigenvalue weighted by molar-refractivity contribution is 7.20. The van der Waals surface area contributed by atoms with E-state index in [-0.39, 0.29) is 12.4 Å². The highest BCUT2D eigenvalue weighted by Gasteiger charge is 2.19. The Labute approximate surface area is 134 Å². The Balaban J connectivity index is 0.00000147. The lowest BCUT2D eigenvalue weighted by Crippen LogP contribution is -2.43. The molecule has 1 atom stereocenters. The van der Waals surface area contributed by atoms with E-state index in [1.807, 2.05) is 0 Å². The summed E-state index contributed by atoms with van der Waals surface area (Å²) in [5, 5.41) is 8.86. The number of thiazole rings is 1. The number of hydrogen-bond donors (Lipinski definition) is 1. The number of nitrogens with one attached hydrogen (secondary N) is 1. The number of thiophene rings is 1. The minimum Gasteiger partial charge on any atom is -0.316 e. The summed E-state index contributed by atoms with van der Waals surface area (Å²) in [5.41, 5.74) is 1.21. The van der Waals surface area contributed by atoms with E-state index >= 15 is 0 Å². The molecule has 0 radical (unpaired) electrons. The van der Waals surface area contributed by atoms with Crippen LogP contribution in [0.25, 0.3) is 9.88 Å². The van der Waals surface area contributed by atoms with E-state index in [1.165, 1.54) is 30.0 Å². The molecule has 110 valence electrons. The van der Waals surface area contributed by atoms with Crippen LogP contribution in [0.1, 0.15) is 18.5 Å². The molecule has 0 amide bonds. The van der Waals surface area contributed by atoms with E-state index in [9.17, 15) is 0 Å². The van der Waals surface area contributed by atoms with E-state index in [2.05, 4.69) is 40.2 Å². The number of piperidine rings is 1. The highest BCUT2D eigenvalue weighted by Crippen LogP contribution is 2.28. The average molecular weight is 330 g/mol. The second-order valence-corrected chi connectivity index (χ2v) is 6.79. The third-order valence-electron chi connectivity index (χ3n) is 3.58. The van der Waals surface area contributed by atoms with Crippen molar-refractivity contribution in [3.8, 4) is 9.88 Å². The fourth-order valence-corrected chi connectivity index (χ4v) is 4.18. The van der Waals surface area contributed by atoms with E-state index in [1.54, 1.807) is 22.7 Å². The van der Waals surface area contributed by atoms with Crippen LogP contribution in [0.4, 0.5) is 0 Å². The molecule has 0 saturated carbocycles. The summed E-state index contributed by atoms with van der Waals surface area (Å²) >= 11 is 3.52. The van der Waals surface area contributed by atoms with Crippen LogP contribution in [0.5, 0.6) is 0 Å². The van der Waals surface area contributed by atoms with Crippen LogP contribution >= 0.6 is 35.1 Å². The molecule has 0 bridgehead atoms. The first kappa shape index (κ1) is 15.9. The van der Waals surface area contributed by atoms with Gasteiger partial charge in [-0.3, -0.25) is 4.90 Å². The minimum absolute atomic E-state index is 0. The fourth-order valence-electron chi connectivity index (χ4n) is 2.56. The maximum absolute atomic E-state index is 4.76. The van der Waals surface area contributed by atoms with E-state index in [4.69, 9.17) is 4.98 Å². The quantitative estimate of drug-likeness (QED) is 0.930. The zero-order valence-corrected chi connectivity index (χ0v) is 14.0. The second kappa shape index (κ2) is 7.52. The number of aromatic nitrogens is 1. The Hall–Kier alpha value is -0.460. The molecular formula is C14H20ClN3S2. The molecule has 6 heteroatoms. The molecule has 1 unspecified atom stereocenters. The maximum atomic E-state index is 4.76. The van der Waals surface area contributed by atoms with Crippen molar-refractivity contribution in [2.24, 2.45) is 0 Å². The van der Waals surface area contributed by atoms with E-state index in [0.29, 0.717) is 6.04 Å². The summed E-state index contributed by atoms with van der Waals surface area (Å²) in [6, 6.07) is 4.87. The molecule has 1 saturated heterocycles. The molecule has 3 heterocycles. The summed E-state index contributed by atoms with van der Waals surface area (Å²) in [6.07, 6.45) is 2.58. The highest BCUT2D eigenvalue weighted by atomic mass is 35.5. The molecule has 2 aromatic rings. The van der Waals surface area contributed by atoms with Crippen LogP contribution in [0.3, 0.4) is 0 Å². The molecule has 0 spiro atoms. The summed E-state index contributed by atoms with van der Waals surface area (Å²) < 4.78 is 0. The van der Waals surface area contributed by atoms with E-state index in [0.717, 1.165) is 18.1 Å². The van der Waals surface area contributed by atoms with Gasteiger partial charge in [-0.2, -0.15) is 0 Å². The Kier molecular flexibility index (Phi) is 5.99. The van der Waals surface area contributed by atoms with Crippen molar-refractivity contribution in [3.05, 3.63) is 28.6 Å². The molecule has 20 heavy (non-hydrogen) atoms. The van der Waals surface area contributed by atoms with Crippen molar-refractivity contribution < 1.29 is 0 Å². The summed E-state index contributed by atoms with van der Waals surface area (Å²) in [4.78, 5) is 8.56. The van der Waals surface area contributed by atoms with E-state index < -0.39 is 0 Å². The zero-order valence-electron chi connectivity index (χ0n) is 11.5. The van der Waals surface area contributed by atoms with Gasteiger partial charge in [0.2, 0.25) is 0 Å². The minimum atomic E-state index is 0. The predicted molar refractivity (Wildman–Crippen MR) is 90.0 cm³/mol. The first-order valence-corrected chi connectivity index (χ1v) is 8.49. The standard InChI is InChI=1S/C14H19N3S2.ClH/c1-15-11-4-2-6-17(8-11)9-12-10-19-14(16-12)13-5-3-7-18-13;/h3,5,7,10-11,15H,2,4,6,8-9H2,1H3;1H. The van der Waals surface area contributed by atoms with Crippen LogP contribution in [0, 0.1) is 0 Å². The van der Waals surface area contributed by atoms with Gasteiger partial charge in [0.15, 0.2) is 0 Å². The van der Waals surface area contributed by atoms with Gasteiger partial charge in [-0.25, -0.2) is 4.98 Å². The van der Waals surface area contributed by atoms with Gasteiger partial charge in [0.05, 0.1) is 10.6 Å². The number of rotatable bonds is 4. The largest absolute Gasteiger partial charge is 0.316 e. The molecule has 1 aliphatic rings. The lowest BCUT2D eigenvalue weighted by atomic mass is 10.1. The van der Waals surface area contributed by atoms with Gasteiger partial charge < -0.3 is 5.32 Å². The molecule has 1 fully saturated rings. The van der Waals surface area contributed by atoms with Gasteiger partial charge in [0.25, 0.3) is 0 Å². The maximum Gasteiger partial charge on any atom is 0.133 e. The number of hydrogen-bond acceptors (Lipinski definition) is 5. The van der Waals surface area contributed by atoms with Crippen LogP contribution in [-0.4, -0.2) is 36.1 Å². The van der Waals surface area contributed by atoms with Crippen molar-refractivity contribution in [3.63, 3.8) is 0 Å². The van der Waals surface area contributed by atoms with Crippen LogP contribution in [0.15, 0.2) is 22.9 Å². The topological polar surface area (TPSA) is 28.2 Å². The zero-order chi connectivity index (χ0) is 13.1. The normalized spacial score (nSPS) is 19.8. The Morgan fingerprint density at radius 2 is 2.35 bits per heavy atom. The fraction of sp³-hybridized carbons (Fsp3) is 0.500. The van der Waals surface area contributed by atoms with Gasteiger partial charge in [-0.05, 0) is 37.9 Å². The molecule has 0 aromatic carbocycles. The number of likely N-dealkylation sites (N-methyl/N-ethyl adjacent to an activating group) is 1. The SMILES string of the molecule is CNC1CCCN(Cc2csc(-c3cccs3)n2)C1.Cl. The van der Waals surface area contributed by atoms with Crippen molar-refractivity contribution in [1.82, 2.24) is 15.2 Å². The Morgan fingerprint density at radius 1 is 1.45 bits per heavy atom. The van der Waals surface area contributed by atoms with Gasteiger partial charge >= 0.3 is 0 Å². The average Bonchev–Trinajstić information content (AvgIpc) is 3.09. The second-order valence-electron chi connectivity index (χ2n) is 4.98. The molecule has 2 aromatic heterocycles. The first-order valence-electron chi connectivity index (χ1n) is 6.73. The van der Waals surface area contributed by atoms with Crippen molar-refractivity contribution in [1.29, 1.82) is 0 Å². The Bertz CT molecular complexity index is 512. The lowest BCUT2D eigenvalue weighted by molar-refractivity contribution is 0.186. The van der Waals surface area contributed by atoms with Crippen LogP contribution in [-0.2, 0) is 6.54 Å². The predicted octanol–water partition coefficient (Wildman–Crippen LogP) is 3.48.